The van der Waals surface area contributed by atoms with Crippen molar-refractivity contribution in [3.8, 4) is 0 Å². The van der Waals surface area contributed by atoms with E-state index in [2.05, 4.69) is 74.5 Å². The number of aryl methyl sites for hydroxylation is 3. The molecule has 1 aliphatic heterocycles. The Bertz CT molecular complexity index is 831. The predicted octanol–water partition coefficient (Wildman–Crippen LogP) is 2.48. The number of nitrogens with zero attached hydrogens (tertiary/aromatic N) is 4. The van der Waals surface area contributed by atoms with Crippen molar-refractivity contribution in [3.63, 3.8) is 0 Å². The Kier molecular flexibility index (Phi) is 8.28. The maximum atomic E-state index is 5.64. The maximum Gasteiger partial charge on any atom is 0.191 e. The molecule has 0 bridgehead atoms. The minimum atomic E-state index is 0.319. The van der Waals surface area contributed by atoms with Crippen LogP contribution in [-0.2, 0) is 24.4 Å². The van der Waals surface area contributed by atoms with Gasteiger partial charge in [0, 0.05) is 52.0 Å². The normalized spacial score (nSPS) is 17.9. The molecule has 2 N–H and O–H groups in total. The molecule has 30 heavy (non-hydrogen) atoms. The van der Waals surface area contributed by atoms with Crippen molar-refractivity contribution in [1.29, 1.82) is 0 Å². The van der Waals surface area contributed by atoms with Crippen molar-refractivity contribution in [2.45, 2.75) is 52.9 Å². The number of hydrogen-bond acceptors (Lipinski definition) is 4. The molecular weight excluding hydrogens is 376 g/mol. The van der Waals surface area contributed by atoms with Crippen molar-refractivity contribution >= 4 is 5.96 Å². The summed E-state index contributed by atoms with van der Waals surface area (Å²) in [6, 6.07) is 10.9. The van der Waals surface area contributed by atoms with E-state index >= 15 is 0 Å². The molecule has 0 aliphatic carbocycles. The van der Waals surface area contributed by atoms with Gasteiger partial charge in [-0.2, -0.15) is 5.10 Å². The van der Waals surface area contributed by atoms with Gasteiger partial charge in [0.2, 0.25) is 0 Å². The lowest BCUT2D eigenvalue weighted by Crippen LogP contribution is -2.40. The fourth-order valence-corrected chi connectivity index (χ4v) is 3.87. The van der Waals surface area contributed by atoms with E-state index in [0.717, 1.165) is 63.9 Å². The van der Waals surface area contributed by atoms with E-state index in [-0.39, 0.29) is 0 Å². The monoisotopic (exact) mass is 412 g/mol. The van der Waals surface area contributed by atoms with Crippen molar-refractivity contribution in [2.24, 2.45) is 4.99 Å². The SMILES string of the molecule is CN=C(NCCCn1nc(C)cc1C)NCc1cccc(CN2CCOC(C)C2)c1. The third kappa shape index (κ3) is 6.85. The second-order valence-electron chi connectivity index (χ2n) is 8.09. The molecule has 2 aromatic rings. The summed E-state index contributed by atoms with van der Waals surface area (Å²) >= 11 is 0. The molecule has 164 valence electrons. The molecular formula is C23H36N6O. The van der Waals surface area contributed by atoms with E-state index in [1.165, 1.54) is 16.8 Å². The van der Waals surface area contributed by atoms with Gasteiger partial charge >= 0.3 is 0 Å². The molecule has 7 nitrogen and oxygen atoms in total. The lowest BCUT2D eigenvalue weighted by Gasteiger charge is -2.31. The van der Waals surface area contributed by atoms with Crippen LogP contribution in [0.25, 0.3) is 0 Å². The summed E-state index contributed by atoms with van der Waals surface area (Å²) in [5.41, 5.74) is 4.89. The Labute approximate surface area is 180 Å². The highest BCUT2D eigenvalue weighted by Crippen LogP contribution is 2.12. The number of guanidine groups is 1. The molecule has 0 spiro atoms. The van der Waals surface area contributed by atoms with Crippen LogP contribution < -0.4 is 10.6 Å². The van der Waals surface area contributed by atoms with Crippen LogP contribution in [0.15, 0.2) is 35.3 Å². The van der Waals surface area contributed by atoms with Crippen molar-refractivity contribution in [3.05, 3.63) is 52.8 Å². The second kappa shape index (κ2) is 11.1. The zero-order valence-corrected chi connectivity index (χ0v) is 18.8. The molecule has 1 fully saturated rings. The first-order valence-corrected chi connectivity index (χ1v) is 10.9. The van der Waals surface area contributed by atoms with E-state index in [9.17, 15) is 0 Å². The van der Waals surface area contributed by atoms with E-state index in [1.54, 1.807) is 0 Å². The van der Waals surface area contributed by atoms with E-state index in [0.29, 0.717) is 6.10 Å². The molecule has 0 radical (unpaired) electrons. The summed E-state index contributed by atoms with van der Waals surface area (Å²) in [5.74, 6) is 0.829. The predicted molar refractivity (Wildman–Crippen MR) is 122 cm³/mol. The number of aliphatic imine (C=N–C) groups is 1. The molecule has 0 amide bonds. The van der Waals surface area contributed by atoms with Crippen molar-refractivity contribution in [1.82, 2.24) is 25.3 Å². The van der Waals surface area contributed by atoms with Gasteiger partial charge in [-0.3, -0.25) is 14.6 Å². The molecule has 7 heteroatoms. The molecule has 1 aromatic carbocycles. The average molecular weight is 413 g/mol. The highest BCUT2D eigenvalue weighted by atomic mass is 16.5. The molecule has 1 unspecified atom stereocenters. The fraction of sp³-hybridized carbons (Fsp3) is 0.565. The van der Waals surface area contributed by atoms with Crippen LogP contribution in [-0.4, -0.2) is 60.0 Å². The number of ether oxygens (including phenoxy) is 1. The standard InChI is InChI=1S/C23H36N6O/c1-18-13-19(2)29(27-18)10-6-9-25-23(24-4)26-15-21-7-5-8-22(14-21)17-28-11-12-30-20(3)16-28/h5,7-8,13-14,20H,6,9-12,15-17H2,1-4H3,(H2,24,25,26). The van der Waals surface area contributed by atoms with Crippen LogP contribution in [0.3, 0.4) is 0 Å². The number of hydrogen-bond donors (Lipinski definition) is 2. The van der Waals surface area contributed by atoms with E-state index in [1.807, 2.05) is 14.0 Å². The number of rotatable bonds is 8. The van der Waals surface area contributed by atoms with Crippen LogP contribution in [0.1, 0.15) is 35.9 Å². The Balaban J connectivity index is 1.41. The lowest BCUT2D eigenvalue weighted by molar-refractivity contribution is -0.0212. The lowest BCUT2D eigenvalue weighted by atomic mass is 10.1. The van der Waals surface area contributed by atoms with Crippen LogP contribution >= 0.6 is 0 Å². The summed E-state index contributed by atoms with van der Waals surface area (Å²) in [5, 5.41) is 11.3. The molecule has 1 saturated heterocycles. The highest BCUT2D eigenvalue weighted by Gasteiger charge is 2.16. The van der Waals surface area contributed by atoms with Gasteiger partial charge in [0.25, 0.3) is 0 Å². The van der Waals surface area contributed by atoms with E-state index < -0.39 is 0 Å². The Hall–Kier alpha value is -2.38. The van der Waals surface area contributed by atoms with Crippen LogP contribution in [0.4, 0.5) is 0 Å². The average Bonchev–Trinajstić information content (AvgIpc) is 3.04. The third-order valence-electron chi connectivity index (χ3n) is 5.35. The Morgan fingerprint density at radius 2 is 2.07 bits per heavy atom. The van der Waals surface area contributed by atoms with Gasteiger partial charge in [-0.15, -0.1) is 0 Å². The molecule has 1 atom stereocenters. The van der Waals surface area contributed by atoms with Crippen molar-refractivity contribution in [2.75, 3.05) is 33.3 Å². The van der Waals surface area contributed by atoms with Gasteiger partial charge < -0.3 is 15.4 Å². The van der Waals surface area contributed by atoms with Gasteiger partial charge in [0.15, 0.2) is 5.96 Å². The fourth-order valence-electron chi connectivity index (χ4n) is 3.87. The van der Waals surface area contributed by atoms with Gasteiger partial charge in [-0.25, -0.2) is 0 Å². The Morgan fingerprint density at radius 3 is 2.80 bits per heavy atom. The first kappa shape index (κ1) is 22.3. The number of nitrogens with one attached hydrogen (secondary N) is 2. The quantitative estimate of drug-likeness (QED) is 0.396. The minimum absolute atomic E-state index is 0.319. The topological polar surface area (TPSA) is 66.7 Å². The summed E-state index contributed by atoms with van der Waals surface area (Å²) < 4.78 is 7.71. The summed E-state index contributed by atoms with van der Waals surface area (Å²) in [6.07, 6.45) is 1.31. The van der Waals surface area contributed by atoms with Crippen LogP contribution in [0.5, 0.6) is 0 Å². The van der Waals surface area contributed by atoms with Crippen molar-refractivity contribution < 1.29 is 4.74 Å². The minimum Gasteiger partial charge on any atom is -0.376 e. The molecule has 0 saturated carbocycles. The third-order valence-corrected chi connectivity index (χ3v) is 5.35. The van der Waals surface area contributed by atoms with Crippen LogP contribution in [0, 0.1) is 13.8 Å². The zero-order valence-electron chi connectivity index (χ0n) is 18.8. The van der Waals surface area contributed by atoms with Crippen LogP contribution in [0.2, 0.25) is 0 Å². The largest absolute Gasteiger partial charge is 0.376 e. The van der Waals surface area contributed by atoms with Gasteiger partial charge in [-0.1, -0.05) is 24.3 Å². The van der Waals surface area contributed by atoms with Gasteiger partial charge in [0.1, 0.15) is 0 Å². The first-order valence-electron chi connectivity index (χ1n) is 10.9. The summed E-state index contributed by atoms with van der Waals surface area (Å²) in [6.45, 7) is 12.6. The molecule has 1 aromatic heterocycles. The molecule has 2 heterocycles. The maximum absolute atomic E-state index is 5.64. The second-order valence-corrected chi connectivity index (χ2v) is 8.09. The smallest absolute Gasteiger partial charge is 0.191 e. The molecule has 1 aliphatic rings. The highest BCUT2D eigenvalue weighted by molar-refractivity contribution is 5.79. The number of aromatic nitrogens is 2. The van der Waals surface area contributed by atoms with Gasteiger partial charge in [0.05, 0.1) is 18.4 Å². The van der Waals surface area contributed by atoms with Gasteiger partial charge in [-0.05, 0) is 44.4 Å². The summed E-state index contributed by atoms with van der Waals surface area (Å²) in [4.78, 5) is 6.81. The summed E-state index contributed by atoms with van der Waals surface area (Å²) in [7, 11) is 1.81. The first-order chi connectivity index (χ1) is 14.5. The van der Waals surface area contributed by atoms with E-state index in [4.69, 9.17) is 4.74 Å². The zero-order chi connectivity index (χ0) is 21.3. The number of morpholine rings is 1. The molecule has 3 rings (SSSR count). The Morgan fingerprint density at radius 1 is 1.23 bits per heavy atom. The number of benzene rings is 1.